The monoisotopic (exact) mass is 404 g/mol. The van der Waals surface area contributed by atoms with E-state index in [2.05, 4.69) is 10.6 Å². The quantitative estimate of drug-likeness (QED) is 0.689. The second kappa shape index (κ2) is 7.32. The van der Waals surface area contributed by atoms with E-state index in [0.717, 1.165) is 0 Å². The van der Waals surface area contributed by atoms with Crippen molar-refractivity contribution in [2.24, 2.45) is 0 Å². The van der Waals surface area contributed by atoms with Crippen LogP contribution in [0.5, 0.6) is 23.0 Å². The molecule has 2 aliphatic rings. The van der Waals surface area contributed by atoms with E-state index in [9.17, 15) is 9.59 Å². The standard InChI is InChI=1S/C22H16N2O6/c25-21(13-4-6-17-19(8-13)29-11-27-17)23-15-2-1-3-16(10-15)24-22(26)14-5-7-18-20(9-14)30-12-28-18/h1-10H,11-12H2,(H,23,25)(H,24,26). The first kappa shape index (κ1) is 17.9. The van der Waals surface area contributed by atoms with Crippen molar-refractivity contribution in [2.45, 2.75) is 0 Å². The fourth-order valence-electron chi connectivity index (χ4n) is 3.16. The summed E-state index contributed by atoms with van der Waals surface area (Å²) in [6.45, 7) is 0.289. The Bertz CT molecular complexity index is 1070. The Labute approximate surface area is 171 Å². The maximum atomic E-state index is 12.6. The van der Waals surface area contributed by atoms with Crippen LogP contribution in [-0.4, -0.2) is 25.4 Å². The highest BCUT2D eigenvalue weighted by atomic mass is 16.7. The lowest BCUT2D eigenvalue weighted by Crippen LogP contribution is -2.14. The molecular weight excluding hydrogens is 388 g/mol. The van der Waals surface area contributed by atoms with Crippen LogP contribution in [0.25, 0.3) is 0 Å². The van der Waals surface area contributed by atoms with Crippen molar-refractivity contribution < 1.29 is 28.5 Å². The van der Waals surface area contributed by atoms with Crippen LogP contribution in [-0.2, 0) is 0 Å². The third kappa shape index (κ3) is 3.46. The van der Waals surface area contributed by atoms with Crippen LogP contribution < -0.4 is 29.6 Å². The zero-order chi connectivity index (χ0) is 20.5. The van der Waals surface area contributed by atoms with E-state index in [1.165, 1.54) is 0 Å². The Morgan fingerprint density at radius 3 is 1.57 bits per heavy atom. The van der Waals surface area contributed by atoms with Crippen LogP contribution in [0, 0.1) is 0 Å². The SMILES string of the molecule is O=C(Nc1cccc(NC(=O)c2ccc3c(c2)OCO3)c1)c1ccc2c(c1)OCO2. The zero-order valence-electron chi connectivity index (χ0n) is 15.6. The maximum absolute atomic E-state index is 12.6. The van der Waals surface area contributed by atoms with Crippen molar-refractivity contribution >= 4 is 23.2 Å². The highest BCUT2D eigenvalue weighted by molar-refractivity contribution is 6.06. The highest BCUT2D eigenvalue weighted by Crippen LogP contribution is 2.33. The summed E-state index contributed by atoms with van der Waals surface area (Å²) in [6.07, 6.45) is 0. The second-order valence-electron chi connectivity index (χ2n) is 6.63. The van der Waals surface area contributed by atoms with E-state index in [1.54, 1.807) is 60.7 Å². The van der Waals surface area contributed by atoms with Crippen LogP contribution in [0.1, 0.15) is 20.7 Å². The molecule has 2 heterocycles. The van der Waals surface area contributed by atoms with Gasteiger partial charge in [-0.1, -0.05) is 6.07 Å². The molecule has 0 unspecified atom stereocenters. The molecule has 0 bridgehead atoms. The molecule has 2 aliphatic heterocycles. The number of ether oxygens (including phenoxy) is 4. The van der Waals surface area contributed by atoms with Crippen molar-refractivity contribution in [3.05, 3.63) is 71.8 Å². The van der Waals surface area contributed by atoms with Crippen molar-refractivity contribution in [2.75, 3.05) is 24.2 Å². The van der Waals surface area contributed by atoms with Gasteiger partial charge in [-0.05, 0) is 54.6 Å². The van der Waals surface area contributed by atoms with Crippen LogP contribution >= 0.6 is 0 Å². The number of anilines is 2. The average molecular weight is 404 g/mol. The Morgan fingerprint density at radius 1 is 0.600 bits per heavy atom. The lowest BCUT2D eigenvalue weighted by molar-refractivity contribution is 0.101. The minimum atomic E-state index is -0.299. The summed E-state index contributed by atoms with van der Waals surface area (Å²) in [7, 11) is 0. The average Bonchev–Trinajstić information content (AvgIpc) is 3.42. The first-order valence-electron chi connectivity index (χ1n) is 9.18. The van der Waals surface area contributed by atoms with Gasteiger partial charge in [-0.25, -0.2) is 0 Å². The van der Waals surface area contributed by atoms with Gasteiger partial charge in [-0.15, -0.1) is 0 Å². The summed E-state index contributed by atoms with van der Waals surface area (Å²) >= 11 is 0. The Hall–Kier alpha value is -4.20. The normalized spacial score (nSPS) is 13.1. The predicted octanol–water partition coefficient (Wildman–Crippen LogP) is 3.65. The number of nitrogens with one attached hydrogen (secondary N) is 2. The van der Waals surface area contributed by atoms with Gasteiger partial charge in [0.25, 0.3) is 11.8 Å². The lowest BCUT2D eigenvalue weighted by Gasteiger charge is -2.10. The summed E-state index contributed by atoms with van der Waals surface area (Å²) in [4.78, 5) is 25.1. The van der Waals surface area contributed by atoms with E-state index in [0.29, 0.717) is 45.5 Å². The molecule has 0 fully saturated rings. The van der Waals surface area contributed by atoms with Crippen molar-refractivity contribution in [1.82, 2.24) is 0 Å². The number of rotatable bonds is 4. The van der Waals surface area contributed by atoms with Crippen molar-refractivity contribution in [1.29, 1.82) is 0 Å². The highest BCUT2D eigenvalue weighted by Gasteiger charge is 2.18. The number of fused-ring (bicyclic) bond motifs is 2. The molecule has 8 heteroatoms. The number of hydrogen-bond donors (Lipinski definition) is 2. The smallest absolute Gasteiger partial charge is 0.255 e. The molecule has 2 N–H and O–H groups in total. The molecule has 0 spiro atoms. The Morgan fingerprint density at radius 2 is 1.07 bits per heavy atom. The van der Waals surface area contributed by atoms with Gasteiger partial charge in [0, 0.05) is 22.5 Å². The summed E-state index contributed by atoms with van der Waals surface area (Å²) < 4.78 is 21.1. The number of amides is 2. The van der Waals surface area contributed by atoms with Gasteiger partial charge in [0.05, 0.1) is 0 Å². The lowest BCUT2D eigenvalue weighted by atomic mass is 10.1. The summed E-state index contributed by atoms with van der Waals surface area (Å²) in [5.74, 6) is 1.69. The zero-order valence-corrected chi connectivity index (χ0v) is 15.6. The topological polar surface area (TPSA) is 95.1 Å². The van der Waals surface area contributed by atoms with E-state index >= 15 is 0 Å². The van der Waals surface area contributed by atoms with Gasteiger partial charge in [0.1, 0.15) is 0 Å². The van der Waals surface area contributed by atoms with E-state index in [-0.39, 0.29) is 25.4 Å². The molecule has 0 radical (unpaired) electrons. The van der Waals surface area contributed by atoms with Gasteiger partial charge < -0.3 is 29.6 Å². The molecule has 150 valence electrons. The molecule has 8 nitrogen and oxygen atoms in total. The number of carbonyl (C=O) groups excluding carboxylic acids is 2. The van der Waals surface area contributed by atoms with Gasteiger partial charge in [-0.2, -0.15) is 0 Å². The minimum absolute atomic E-state index is 0.144. The predicted molar refractivity (Wildman–Crippen MR) is 107 cm³/mol. The summed E-state index contributed by atoms with van der Waals surface area (Å²) in [6, 6.07) is 16.9. The fraction of sp³-hybridized carbons (Fsp3) is 0.0909. The third-order valence-corrected chi connectivity index (χ3v) is 4.65. The van der Waals surface area contributed by atoms with Gasteiger partial charge in [0.15, 0.2) is 23.0 Å². The summed E-state index contributed by atoms with van der Waals surface area (Å²) in [5, 5.41) is 5.63. The molecule has 0 atom stereocenters. The van der Waals surface area contributed by atoms with Crippen LogP contribution in [0.2, 0.25) is 0 Å². The Balaban J connectivity index is 1.28. The molecule has 0 saturated heterocycles. The molecular formula is C22H16N2O6. The number of carbonyl (C=O) groups is 2. The van der Waals surface area contributed by atoms with E-state index in [4.69, 9.17) is 18.9 Å². The van der Waals surface area contributed by atoms with Crippen LogP contribution in [0.15, 0.2) is 60.7 Å². The van der Waals surface area contributed by atoms with Gasteiger partial charge in [-0.3, -0.25) is 9.59 Å². The van der Waals surface area contributed by atoms with Crippen molar-refractivity contribution in [3.63, 3.8) is 0 Å². The Kier molecular flexibility index (Phi) is 4.36. The summed E-state index contributed by atoms with van der Waals surface area (Å²) in [5.41, 5.74) is 1.96. The molecule has 2 amide bonds. The first-order chi connectivity index (χ1) is 14.7. The fourth-order valence-corrected chi connectivity index (χ4v) is 3.16. The second-order valence-corrected chi connectivity index (χ2v) is 6.63. The molecule has 3 aromatic rings. The largest absolute Gasteiger partial charge is 0.454 e. The van der Waals surface area contributed by atoms with Crippen molar-refractivity contribution in [3.8, 4) is 23.0 Å². The van der Waals surface area contributed by atoms with E-state index in [1.807, 2.05) is 0 Å². The van der Waals surface area contributed by atoms with Gasteiger partial charge >= 0.3 is 0 Å². The van der Waals surface area contributed by atoms with E-state index < -0.39 is 0 Å². The minimum Gasteiger partial charge on any atom is -0.454 e. The number of hydrogen-bond acceptors (Lipinski definition) is 6. The maximum Gasteiger partial charge on any atom is 0.255 e. The molecule has 3 aromatic carbocycles. The van der Waals surface area contributed by atoms with Crippen LogP contribution in [0.4, 0.5) is 11.4 Å². The molecule has 0 aromatic heterocycles. The number of benzene rings is 3. The van der Waals surface area contributed by atoms with Crippen LogP contribution in [0.3, 0.4) is 0 Å². The van der Waals surface area contributed by atoms with Gasteiger partial charge in [0.2, 0.25) is 13.6 Å². The third-order valence-electron chi connectivity index (χ3n) is 4.65. The molecule has 5 rings (SSSR count). The molecule has 0 aliphatic carbocycles. The molecule has 0 saturated carbocycles. The molecule has 30 heavy (non-hydrogen) atoms. The first-order valence-corrected chi connectivity index (χ1v) is 9.18.